The normalized spacial score (nSPS) is 16.9. The summed E-state index contributed by atoms with van der Waals surface area (Å²) >= 11 is 0. The van der Waals surface area contributed by atoms with Gasteiger partial charge < -0.3 is 0 Å². The molecule has 78 valence electrons. The second-order valence-corrected chi connectivity index (χ2v) is 4.51. The summed E-state index contributed by atoms with van der Waals surface area (Å²) in [5, 5.41) is 0. The fourth-order valence-corrected chi connectivity index (χ4v) is 1.98. The average Bonchev–Trinajstić information content (AvgIpc) is 2.56. The van der Waals surface area contributed by atoms with Crippen molar-refractivity contribution in [3.05, 3.63) is 17.4 Å². The number of Topliss-reactive ketones (excluding diaryl/α,β-unsaturated/α-hetero) is 1. The lowest BCUT2D eigenvalue weighted by atomic mass is 9.95. The summed E-state index contributed by atoms with van der Waals surface area (Å²) in [5.74, 6) is 1.17. The molecule has 0 spiro atoms. The molecule has 0 atom stereocenters. The van der Waals surface area contributed by atoms with Crippen LogP contribution in [0.3, 0.4) is 0 Å². The minimum Gasteiger partial charge on any atom is -0.294 e. The molecule has 0 bridgehead atoms. The molecule has 1 aliphatic carbocycles. The molecule has 0 saturated heterocycles. The highest BCUT2D eigenvalue weighted by Crippen LogP contribution is 2.30. The first-order valence-corrected chi connectivity index (χ1v) is 5.59. The number of rotatable bonds is 3. The van der Waals surface area contributed by atoms with E-state index in [-0.39, 0.29) is 5.78 Å². The van der Waals surface area contributed by atoms with Crippen molar-refractivity contribution in [2.75, 3.05) is 0 Å². The Labute approximate surface area is 86.9 Å². The van der Waals surface area contributed by atoms with Gasteiger partial charge in [0.1, 0.15) is 0 Å². The molecule has 14 heavy (non-hydrogen) atoms. The molecule has 1 fully saturated rings. The van der Waals surface area contributed by atoms with Crippen LogP contribution in [0.15, 0.2) is 17.4 Å². The summed E-state index contributed by atoms with van der Waals surface area (Å²) in [7, 11) is 0. The number of carbonyl (C=O) groups excluding carboxylic acids is 1. The largest absolute Gasteiger partial charge is 0.294 e. The Morgan fingerprint density at radius 3 is 2.36 bits per heavy atom. The molecule has 1 heteroatoms. The van der Waals surface area contributed by atoms with Gasteiger partial charge in [0.2, 0.25) is 0 Å². The highest BCUT2D eigenvalue weighted by Gasteiger charge is 2.21. The fourth-order valence-electron chi connectivity index (χ4n) is 1.98. The van der Waals surface area contributed by atoms with Crippen LogP contribution in [0.5, 0.6) is 0 Å². The van der Waals surface area contributed by atoms with E-state index in [4.69, 9.17) is 0 Å². The third-order valence-electron chi connectivity index (χ3n) is 2.71. The van der Waals surface area contributed by atoms with E-state index in [0.29, 0.717) is 11.8 Å². The second-order valence-electron chi connectivity index (χ2n) is 4.51. The minimum absolute atomic E-state index is 0.203. The fraction of sp³-hybridized carbons (Fsp3) is 0.692. The van der Waals surface area contributed by atoms with Crippen molar-refractivity contribution in [1.82, 2.24) is 0 Å². The molecule has 0 radical (unpaired) electrons. The van der Waals surface area contributed by atoms with Crippen molar-refractivity contribution >= 4 is 5.78 Å². The van der Waals surface area contributed by atoms with E-state index in [1.807, 2.05) is 6.08 Å². The topological polar surface area (TPSA) is 17.1 Å². The highest BCUT2D eigenvalue weighted by molar-refractivity contribution is 5.93. The van der Waals surface area contributed by atoms with Crippen LogP contribution in [-0.4, -0.2) is 5.78 Å². The number of hydrogen-bond acceptors (Lipinski definition) is 1. The molecule has 1 aliphatic rings. The molecule has 1 rings (SSSR count). The standard InChI is InChI=1S/C13H20O/c1-10(2)8-9-13(11(3)14)12-6-4-5-7-12/h8,10,12H,4-7H2,1-3H3. The molecule has 1 nitrogen and oxygen atoms in total. The molecule has 0 heterocycles. The van der Waals surface area contributed by atoms with Gasteiger partial charge in [-0.2, -0.15) is 0 Å². The van der Waals surface area contributed by atoms with Gasteiger partial charge in [-0.05, 0) is 37.7 Å². The van der Waals surface area contributed by atoms with Crippen LogP contribution in [-0.2, 0) is 4.79 Å². The van der Waals surface area contributed by atoms with Crippen molar-refractivity contribution in [2.24, 2.45) is 11.8 Å². The third-order valence-corrected chi connectivity index (χ3v) is 2.71. The van der Waals surface area contributed by atoms with E-state index in [1.165, 1.54) is 25.7 Å². The van der Waals surface area contributed by atoms with Crippen molar-refractivity contribution in [1.29, 1.82) is 0 Å². The molecule has 0 N–H and O–H groups in total. The zero-order valence-corrected chi connectivity index (χ0v) is 9.47. The quantitative estimate of drug-likeness (QED) is 0.494. The summed E-state index contributed by atoms with van der Waals surface area (Å²) in [6, 6.07) is 0. The monoisotopic (exact) mass is 192 g/mol. The van der Waals surface area contributed by atoms with Crippen molar-refractivity contribution in [3.8, 4) is 0 Å². The van der Waals surface area contributed by atoms with E-state index in [0.717, 1.165) is 5.57 Å². The molecule has 1 saturated carbocycles. The lowest BCUT2D eigenvalue weighted by Crippen LogP contribution is -2.06. The lowest BCUT2D eigenvalue weighted by Gasteiger charge is -2.08. The van der Waals surface area contributed by atoms with E-state index in [1.54, 1.807) is 6.92 Å². The molecule has 0 unspecified atom stereocenters. The first-order chi connectivity index (χ1) is 6.61. The minimum atomic E-state index is 0.203. The Balaban J connectivity index is 2.83. The van der Waals surface area contributed by atoms with Gasteiger partial charge >= 0.3 is 0 Å². The Bertz CT molecular complexity index is 261. The first kappa shape index (κ1) is 11.3. The maximum Gasteiger partial charge on any atom is 0.163 e. The molecular weight excluding hydrogens is 172 g/mol. The zero-order chi connectivity index (χ0) is 10.6. The van der Waals surface area contributed by atoms with E-state index < -0.39 is 0 Å². The zero-order valence-electron chi connectivity index (χ0n) is 9.47. The molecule has 0 aliphatic heterocycles. The summed E-state index contributed by atoms with van der Waals surface area (Å²) in [5.41, 5.74) is 4.13. The second kappa shape index (κ2) is 5.17. The van der Waals surface area contributed by atoms with E-state index in [9.17, 15) is 4.79 Å². The molecule has 0 aromatic rings. The average molecular weight is 192 g/mol. The van der Waals surface area contributed by atoms with Crippen LogP contribution < -0.4 is 0 Å². The Morgan fingerprint density at radius 2 is 1.93 bits per heavy atom. The lowest BCUT2D eigenvalue weighted by molar-refractivity contribution is -0.114. The van der Waals surface area contributed by atoms with Crippen LogP contribution in [0, 0.1) is 11.8 Å². The van der Waals surface area contributed by atoms with E-state index in [2.05, 4.69) is 19.6 Å². The van der Waals surface area contributed by atoms with Crippen LogP contribution in [0.2, 0.25) is 0 Å². The van der Waals surface area contributed by atoms with Gasteiger partial charge in [0.25, 0.3) is 0 Å². The molecule has 0 aromatic heterocycles. The number of carbonyl (C=O) groups is 1. The van der Waals surface area contributed by atoms with Gasteiger partial charge in [0.15, 0.2) is 5.78 Å². The Kier molecular flexibility index (Phi) is 4.16. The SMILES string of the molecule is CC(=O)C(=C=CC(C)C)C1CCCC1. The summed E-state index contributed by atoms with van der Waals surface area (Å²) < 4.78 is 0. The van der Waals surface area contributed by atoms with Crippen molar-refractivity contribution in [3.63, 3.8) is 0 Å². The predicted molar refractivity (Wildman–Crippen MR) is 59.1 cm³/mol. The van der Waals surface area contributed by atoms with Crippen LogP contribution in [0.4, 0.5) is 0 Å². The molecule has 0 aromatic carbocycles. The van der Waals surface area contributed by atoms with Gasteiger partial charge in [-0.15, -0.1) is 5.73 Å². The number of ketones is 1. The van der Waals surface area contributed by atoms with Gasteiger partial charge in [0, 0.05) is 5.57 Å². The smallest absolute Gasteiger partial charge is 0.163 e. The first-order valence-electron chi connectivity index (χ1n) is 5.59. The predicted octanol–water partition coefficient (Wildman–Crippen LogP) is 3.50. The molecular formula is C13H20O. The summed E-state index contributed by atoms with van der Waals surface area (Å²) in [6.45, 7) is 5.88. The van der Waals surface area contributed by atoms with Crippen molar-refractivity contribution in [2.45, 2.75) is 46.5 Å². The van der Waals surface area contributed by atoms with Gasteiger partial charge in [-0.3, -0.25) is 4.79 Å². The Hall–Kier alpha value is -0.810. The molecule has 0 amide bonds. The summed E-state index contributed by atoms with van der Waals surface area (Å²) in [6.07, 6.45) is 6.90. The van der Waals surface area contributed by atoms with Crippen LogP contribution in [0.1, 0.15) is 46.5 Å². The van der Waals surface area contributed by atoms with Crippen LogP contribution >= 0.6 is 0 Å². The highest BCUT2D eigenvalue weighted by atomic mass is 16.1. The van der Waals surface area contributed by atoms with Crippen LogP contribution in [0.25, 0.3) is 0 Å². The maximum atomic E-state index is 11.4. The number of allylic oxidation sites excluding steroid dienone is 1. The van der Waals surface area contributed by atoms with Gasteiger partial charge in [-0.25, -0.2) is 0 Å². The third kappa shape index (κ3) is 3.16. The van der Waals surface area contributed by atoms with E-state index >= 15 is 0 Å². The van der Waals surface area contributed by atoms with Crippen molar-refractivity contribution < 1.29 is 4.79 Å². The van der Waals surface area contributed by atoms with Gasteiger partial charge in [-0.1, -0.05) is 26.7 Å². The van der Waals surface area contributed by atoms with Gasteiger partial charge in [0.05, 0.1) is 0 Å². The maximum absolute atomic E-state index is 11.4. The summed E-state index contributed by atoms with van der Waals surface area (Å²) in [4.78, 5) is 11.4. The number of hydrogen-bond donors (Lipinski definition) is 0. The Morgan fingerprint density at radius 1 is 1.36 bits per heavy atom.